The second-order valence-electron chi connectivity index (χ2n) is 21.7. The van der Waals surface area contributed by atoms with Gasteiger partial charge in [-0.15, -0.1) is 0 Å². The molecule has 0 aliphatic carbocycles. The van der Waals surface area contributed by atoms with Gasteiger partial charge in [-0.1, -0.05) is 313 Å². The van der Waals surface area contributed by atoms with Crippen molar-refractivity contribution in [3.63, 3.8) is 0 Å². The minimum atomic E-state index is -0.764. The number of rotatable bonds is 59. The average Bonchev–Trinajstić information content (AvgIpc) is 3.39. The third kappa shape index (κ3) is 60.1. The quantitative estimate of drug-likeness (QED) is 0.0261. The zero-order valence-electron chi connectivity index (χ0n) is 48.9. The second-order valence-corrected chi connectivity index (χ2v) is 21.7. The van der Waals surface area contributed by atoms with Gasteiger partial charge < -0.3 is 14.2 Å². The molecule has 0 amide bonds. The van der Waals surface area contributed by atoms with Crippen molar-refractivity contribution >= 4 is 17.9 Å². The fraction of sp³-hybridized carbons (Fsp3) is 0.836. The Hall–Kier alpha value is -2.63. The van der Waals surface area contributed by atoms with E-state index in [1.54, 1.807) is 0 Å². The lowest BCUT2D eigenvalue weighted by Crippen LogP contribution is -2.30. The summed E-state index contributed by atoms with van der Waals surface area (Å²) in [5.74, 6) is -0.859. The molecule has 0 saturated heterocycles. The van der Waals surface area contributed by atoms with E-state index in [1.807, 2.05) is 0 Å². The number of esters is 3. The third-order valence-electron chi connectivity index (χ3n) is 14.3. The van der Waals surface area contributed by atoms with E-state index >= 15 is 0 Å². The van der Waals surface area contributed by atoms with E-state index in [4.69, 9.17) is 14.2 Å². The maximum absolute atomic E-state index is 12.8. The van der Waals surface area contributed by atoms with E-state index in [2.05, 4.69) is 69.4 Å². The van der Waals surface area contributed by atoms with E-state index in [0.29, 0.717) is 19.3 Å². The van der Waals surface area contributed by atoms with Gasteiger partial charge >= 0.3 is 17.9 Å². The Bertz CT molecular complexity index is 1270. The number of carbonyl (C=O) groups excluding carboxylic acids is 3. The summed E-state index contributed by atoms with van der Waals surface area (Å²) in [6.45, 7) is 6.50. The zero-order valence-corrected chi connectivity index (χ0v) is 48.9. The van der Waals surface area contributed by atoms with E-state index < -0.39 is 6.10 Å². The van der Waals surface area contributed by atoms with Crippen LogP contribution in [-0.4, -0.2) is 37.2 Å². The van der Waals surface area contributed by atoms with Crippen molar-refractivity contribution in [2.45, 2.75) is 348 Å². The Labute approximate surface area is 454 Å². The lowest BCUT2D eigenvalue weighted by molar-refractivity contribution is -0.167. The molecule has 0 aromatic carbocycles. The van der Waals surface area contributed by atoms with Crippen LogP contribution in [0.2, 0.25) is 0 Å². The van der Waals surface area contributed by atoms with Crippen LogP contribution in [0.3, 0.4) is 0 Å². The zero-order chi connectivity index (χ0) is 52.9. The molecule has 0 aliphatic heterocycles. The molecule has 0 radical (unpaired) electrons. The topological polar surface area (TPSA) is 78.9 Å². The van der Waals surface area contributed by atoms with Gasteiger partial charge in [0.1, 0.15) is 13.2 Å². The van der Waals surface area contributed by atoms with Gasteiger partial charge in [0.25, 0.3) is 0 Å². The van der Waals surface area contributed by atoms with Gasteiger partial charge in [0.15, 0.2) is 6.10 Å². The molecule has 0 rings (SSSR count). The van der Waals surface area contributed by atoms with E-state index in [0.717, 1.165) is 89.9 Å². The standard InChI is InChI=1S/C67H122O6/c1-4-7-10-13-15-17-19-21-23-25-26-27-28-29-30-31-32-33-34-35-36-37-38-39-40-42-43-45-47-49-51-54-57-60-66(69)72-63-64(62-71-65(68)59-56-53-12-9-6-3)73-67(70)61-58-55-52-50-48-46-44-41-24-22-20-18-16-14-11-8-5-2/h7,10,15,17,21,23,26-27,64H,4-6,8-9,11-14,16,18-20,22,24-25,28-63H2,1-3H3/b10-7-,17-15-,23-21-,27-26-. The fourth-order valence-electron chi connectivity index (χ4n) is 9.56. The molecule has 0 fully saturated rings. The van der Waals surface area contributed by atoms with Crippen LogP contribution in [0.1, 0.15) is 342 Å². The van der Waals surface area contributed by atoms with Crippen LogP contribution in [0.15, 0.2) is 48.6 Å². The molecule has 0 aromatic heterocycles. The van der Waals surface area contributed by atoms with Crippen LogP contribution in [0, 0.1) is 0 Å². The number of carbonyl (C=O) groups is 3. The van der Waals surface area contributed by atoms with Gasteiger partial charge in [-0.2, -0.15) is 0 Å². The van der Waals surface area contributed by atoms with Crippen molar-refractivity contribution in [1.29, 1.82) is 0 Å². The number of unbranched alkanes of at least 4 members (excludes halogenated alkanes) is 40. The van der Waals surface area contributed by atoms with Crippen molar-refractivity contribution in [3.05, 3.63) is 48.6 Å². The number of hydrogen-bond acceptors (Lipinski definition) is 6. The molecule has 0 saturated carbocycles. The first-order valence-electron chi connectivity index (χ1n) is 32.1. The highest BCUT2D eigenvalue weighted by molar-refractivity contribution is 5.71. The van der Waals surface area contributed by atoms with E-state index in [9.17, 15) is 14.4 Å². The molecule has 0 N–H and O–H groups in total. The lowest BCUT2D eigenvalue weighted by atomic mass is 10.0. The van der Waals surface area contributed by atoms with Gasteiger partial charge in [0.2, 0.25) is 0 Å². The molecular formula is C67H122O6. The average molecular weight is 1020 g/mol. The van der Waals surface area contributed by atoms with Crippen LogP contribution < -0.4 is 0 Å². The first-order valence-corrected chi connectivity index (χ1v) is 32.1. The summed E-state index contributed by atoms with van der Waals surface area (Å²) in [6.07, 6.45) is 77.6. The minimum absolute atomic E-state index is 0.0668. The van der Waals surface area contributed by atoms with Crippen LogP contribution in [0.4, 0.5) is 0 Å². The van der Waals surface area contributed by atoms with Crippen LogP contribution in [0.5, 0.6) is 0 Å². The highest BCUT2D eigenvalue weighted by Gasteiger charge is 2.19. The molecule has 0 spiro atoms. The summed E-state index contributed by atoms with van der Waals surface area (Å²) in [5.41, 5.74) is 0. The van der Waals surface area contributed by atoms with Crippen LogP contribution >= 0.6 is 0 Å². The fourth-order valence-corrected chi connectivity index (χ4v) is 9.56. The molecule has 0 aliphatic rings. The Balaban J connectivity index is 3.90. The predicted octanol–water partition coefficient (Wildman–Crippen LogP) is 21.8. The molecule has 6 heteroatoms. The Morgan fingerprint density at radius 2 is 0.534 bits per heavy atom. The molecule has 1 unspecified atom stereocenters. The first kappa shape index (κ1) is 70.4. The highest BCUT2D eigenvalue weighted by atomic mass is 16.6. The molecular weight excluding hydrogens is 901 g/mol. The van der Waals surface area contributed by atoms with E-state index in [1.165, 1.54) is 212 Å². The maximum Gasteiger partial charge on any atom is 0.306 e. The summed E-state index contributed by atoms with van der Waals surface area (Å²) in [7, 11) is 0. The monoisotopic (exact) mass is 1020 g/mol. The summed E-state index contributed by atoms with van der Waals surface area (Å²) in [6, 6.07) is 0. The molecule has 6 nitrogen and oxygen atoms in total. The molecule has 0 heterocycles. The van der Waals surface area contributed by atoms with Gasteiger partial charge in [0, 0.05) is 19.3 Å². The molecule has 426 valence electrons. The SMILES string of the molecule is CC/C=C\C/C=C\C/C=C\C/C=C\CCCCCCCCCCCCCCCCCCCCCCC(=O)OCC(COC(=O)CCCCCCC)OC(=O)CCCCCCCCCCCCCCCCCCC. The first-order chi connectivity index (χ1) is 36.0. The summed E-state index contributed by atoms with van der Waals surface area (Å²) in [5, 5.41) is 0. The summed E-state index contributed by atoms with van der Waals surface area (Å²) in [4.78, 5) is 37.9. The largest absolute Gasteiger partial charge is 0.462 e. The molecule has 0 aromatic rings. The van der Waals surface area contributed by atoms with Crippen molar-refractivity contribution < 1.29 is 28.6 Å². The second kappa shape index (κ2) is 61.9. The van der Waals surface area contributed by atoms with Crippen LogP contribution in [0.25, 0.3) is 0 Å². The van der Waals surface area contributed by atoms with Crippen molar-refractivity contribution in [1.82, 2.24) is 0 Å². The molecule has 1 atom stereocenters. The normalized spacial score (nSPS) is 12.3. The van der Waals surface area contributed by atoms with Crippen molar-refractivity contribution in [3.8, 4) is 0 Å². The highest BCUT2D eigenvalue weighted by Crippen LogP contribution is 2.18. The predicted molar refractivity (Wildman–Crippen MR) is 316 cm³/mol. The van der Waals surface area contributed by atoms with Gasteiger partial charge in [-0.25, -0.2) is 0 Å². The maximum atomic E-state index is 12.8. The van der Waals surface area contributed by atoms with Crippen molar-refractivity contribution in [2.24, 2.45) is 0 Å². The minimum Gasteiger partial charge on any atom is -0.462 e. The lowest BCUT2D eigenvalue weighted by Gasteiger charge is -2.18. The number of hydrogen-bond donors (Lipinski definition) is 0. The third-order valence-corrected chi connectivity index (χ3v) is 14.3. The summed E-state index contributed by atoms with van der Waals surface area (Å²) < 4.78 is 16.8. The summed E-state index contributed by atoms with van der Waals surface area (Å²) >= 11 is 0. The van der Waals surface area contributed by atoms with Gasteiger partial charge in [0.05, 0.1) is 0 Å². The van der Waals surface area contributed by atoms with Gasteiger partial charge in [-0.3, -0.25) is 14.4 Å². The number of ether oxygens (including phenoxy) is 3. The van der Waals surface area contributed by atoms with Gasteiger partial charge in [-0.05, 0) is 57.8 Å². The molecule has 0 bridgehead atoms. The van der Waals surface area contributed by atoms with Crippen molar-refractivity contribution in [2.75, 3.05) is 13.2 Å². The Kier molecular flexibility index (Phi) is 59.7. The molecule has 73 heavy (non-hydrogen) atoms. The van der Waals surface area contributed by atoms with E-state index in [-0.39, 0.29) is 31.1 Å². The number of allylic oxidation sites excluding steroid dienone is 8. The smallest absolute Gasteiger partial charge is 0.306 e. The Morgan fingerprint density at radius 3 is 0.836 bits per heavy atom. The van der Waals surface area contributed by atoms with Crippen LogP contribution in [-0.2, 0) is 28.6 Å². The Morgan fingerprint density at radius 1 is 0.288 bits per heavy atom.